The first-order valence-electron chi connectivity index (χ1n) is 9.88. The molecule has 0 aromatic heterocycles. The van der Waals surface area contributed by atoms with E-state index in [9.17, 15) is 14.0 Å². The van der Waals surface area contributed by atoms with Gasteiger partial charge >= 0.3 is 0 Å². The fraction of sp³-hybridized carbons (Fsp3) is 0.304. The maximum atomic E-state index is 13.3. The summed E-state index contributed by atoms with van der Waals surface area (Å²) in [6.07, 6.45) is 3.40. The number of rotatable bonds is 5. The number of amides is 2. The number of carbonyl (C=O) groups excluding carboxylic acids is 2. The Morgan fingerprint density at radius 2 is 2.00 bits per heavy atom. The number of nitrogens with one attached hydrogen (secondary N) is 1. The van der Waals surface area contributed by atoms with Crippen LogP contribution in [0.1, 0.15) is 11.1 Å². The van der Waals surface area contributed by atoms with Gasteiger partial charge in [0.2, 0.25) is 11.8 Å². The zero-order valence-electron chi connectivity index (χ0n) is 16.1. The number of halogens is 2. The lowest BCUT2D eigenvalue weighted by Crippen LogP contribution is -2.43. The fourth-order valence-corrected chi connectivity index (χ4v) is 4.95. The highest BCUT2D eigenvalue weighted by molar-refractivity contribution is 6.31. The number of hydrogen-bond acceptors (Lipinski definition) is 3. The van der Waals surface area contributed by atoms with E-state index >= 15 is 0 Å². The molecule has 2 aromatic rings. The summed E-state index contributed by atoms with van der Waals surface area (Å²) < 4.78 is 19.2. The van der Waals surface area contributed by atoms with Gasteiger partial charge in [0.15, 0.2) is 0 Å². The highest BCUT2D eigenvalue weighted by Gasteiger charge is 2.66. The van der Waals surface area contributed by atoms with E-state index in [1.54, 1.807) is 23.1 Å². The van der Waals surface area contributed by atoms with Crippen LogP contribution in [0.4, 0.5) is 4.39 Å². The second-order valence-corrected chi connectivity index (χ2v) is 8.44. The largest absolute Gasteiger partial charge is 0.360 e. The van der Waals surface area contributed by atoms with Gasteiger partial charge in [-0.15, -0.1) is 0 Å². The minimum Gasteiger partial charge on any atom is -0.360 e. The first-order chi connectivity index (χ1) is 14.5. The summed E-state index contributed by atoms with van der Waals surface area (Å²) in [6, 6.07) is 13.4. The number of ether oxygens (including phenoxy) is 1. The molecule has 5 nitrogen and oxygen atoms in total. The summed E-state index contributed by atoms with van der Waals surface area (Å²) in [6.45, 7) is 1.04. The third-order valence-electron chi connectivity index (χ3n) is 6.18. The third-order valence-corrected chi connectivity index (χ3v) is 6.55. The Hall–Kier alpha value is -2.70. The van der Waals surface area contributed by atoms with Gasteiger partial charge < -0.3 is 15.0 Å². The molecular weight excluding hydrogens is 407 g/mol. The van der Waals surface area contributed by atoms with Crippen molar-refractivity contribution in [2.75, 3.05) is 6.54 Å². The lowest BCUT2D eigenvalue weighted by Gasteiger charge is -2.23. The van der Waals surface area contributed by atoms with Crippen LogP contribution in [0.15, 0.2) is 60.7 Å². The maximum absolute atomic E-state index is 13.3. The van der Waals surface area contributed by atoms with Crippen molar-refractivity contribution in [3.63, 3.8) is 0 Å². The average molecular weight is 427 g/mol. The maximum Gasteiger partial charge on any atom is 0.230 e. The molecule has 5 rings (SSSR count). The Labute approximate surface area is 178 Å². The van der Waals surface area contributed by atoms with E-state index in [4.69, 9.17) is 16.3 Å². The molecule has 3 aliphatic heterocycles. The summed E-state index contributed by atoms with van der Waals surface area (Å²) in [4.78, 5) is 28.0. The van der Waals surface area contributed by atoms with Gasteiger partial charge in [0, 0.05) is 18.1 Å². The first kappa shape index (κ1) is 19.3. The summed E-state index contributed by atoms with van der Waals surface area (Å²) in [7, 11) is 0. The normalized spacial score (nSPS) is 28.8. The van der Waals surface area contributed by atoms with Gasteiger partial charge in [-0.3, -0.25) is 9.59 Å². The van der Waals surface area contributed by atoms with Gasteiger partial charge in [-0.2, -0.15) is 0 Å². The Morgan fingerprint density at radius 1 is 1.23 bits per heavy atom. The standard InChI is InChI=1S/C23H20ClFN2O3/c24-17-4-2-1-3-15(17)12-27-13-23-10-9-18(30-23)19(20(23)22(27)29)21(28)26-11-14-5-7-16(25)8-6-14/h1-10,18-20H,11-13H2,(H,26,28)/t18-,19?,20-,23?/m0/s1. The third kappa shape index (κ3) is 3.11. The summed E-state index contributed by atoms with van der Waals surface area (Å²) in [5.74, 6) is -1.78. The van der Waals surface area contributed by atoms with Crippen LogP contribution in [0.3, 0.4) is 0 Å². The molecule has 2 amide bonds. The van der Waals surface area contributed by atoms with Gasteiger partial charge in [0.05, 0.1) is 24.5 Å². The highest BCUT2D eigenvalue weighted by atomic mass is 35.5. The van der Waals surface area contributed by atoms with Crippen LogP contribution in [0.5, 0.6) is 0 Å². The minimum absolute atomic E-state index is 0.0938. The molecule has 1 N–H and O–H groups in total. The van der Waals surface area contributed by atoms with Crippen molar-refractivity contribution >= 4 is 23.4 Å². The van der Waals surface area contributed by atoms with Crippen LogP contribution in [-0.4, -0.2) is 35.0 Å². The summed E-state index contributed by atoms with van der Waals surface area (Å²) in [5.41, 5.74) is 0.887. The molecule has 0 aliphatic carbocycles. The van der Waals surface area contributed by atoms with E-state index in [0.717, 1.165) is 11.1 Å². The van der Waals surface area contributed by atoms with Crippen LogP contribution >= 0.6 is 11.6 Å². The average Bonchev–Trinajstić information content (AvgIpc) is 3.37. The van der Waals surface area contributed by atoms with Crippen LogP contribution in [0.25, 0.3) is 0 Å². The molecule has 2 bridgehead atoms. The van der Waals surface area contributed by atoms with Gasteiger partial charge in [-0.25, -0.2) is 4.39 Å². The number of benzene rings is 2. The smallest absolute Gasteiger partial charge is 0.230 e. The Morgan fingerprint density at radius 3 is 2.77 bits per heavy atom. The van der Waals surface area contributed by atoms with Crippen molar-refractivity contribution < 1.29 is 18.7 Å². The lowest BCUT2D eigenvalue weighted by molar-refractivity contribution is -0.137. The van der Waals surface area contributed by atoms with E-state index in [-0.39, 0.29) is 24.2 Å². The molecule has 2 unspecified atom stereocenters. The van der Waals surface area contributed by atoms with Gasteiger partial charge in [0.25, 0.3) is 0 Å². The van der Waals surface area contributed by atoms with E-state index in [2.05, 4.69) is 5.32 Å². The van der Waals surface area contributed by atoms with Crippen molar-refractivity contribution in [2.45, 2.75) is 24.8 Å². The van der Waals surface area contributed by atoms with Crippen LogP contribution < -0.4 is 5.32 Å². The summed E-state index contributed by atoms with van der Waals surface area (Å²) in [5, 5.41) is 3.49. The minimum atomic E-state index is -0.763. The lowest BCUT2D eigenvalue weighted by atomic mass is 9.77. The predicted molar refractivity (Wildman–Crippen MR) is 109 cm³/mol. The molecule has 30 heavy (non-hydrogen) atoms. The monoisotopic (exact) mass is 426 g/mol. The Balaban J connectivity index is 1.32. The molecule has 2 fully saturated rings. The molecular formula is C23H20ClFN2O3. The van der Waals surface area contributed by atoms with Gasteiger partial charge in [0.1, 0.15) is 11.4 Å². The van der Waals surface area contributed by atoms with E-state index in [1.807, 2.05) is 30.4 Å². The van der Waals surface area contributed by atoms with Crippen molar-refractivity contribution in [2.24, 2.45) is 11.8 Å². The predicted octanol–water partition coefficient (Wildman–Crippen LogP) is 3.08. The van der Waals surface area contributed by atoms with Crippen LogP contribution in [0.2, 0.25) is 5.02 Å². The zero-order chi connectivity index (χ0) is 20.9. The molecule has 2 saturated heterocycles. The second-order valence-electron chi connectivity index (χ2n) is 8.03. The van der Waals surface area contributed by atoms with Gasteiger partial charge in [-0.05, 0) is 29.3 Å². The number of hydrogen-bond donors (Lipinski definition) is 1. The Kier molecular flexibility index (Phi) is 4.64. The second kappa shape index (κ2) is 7.22. The molecule has 2 aromatic carbocycles. The van der Waals surface area contributed by atoms with E-state index in [1.165, 1.54) is 12.1 Å². The molecule has 3 aliphatic rings. The number of fused-ring (bicyclic) bond motifs is 1. The summed E-state index contributed by atoms with van der Waals surface area (Å²) >= 11 is 6.27. The highest BCUT2D eigenvalue weighted by Crippen LogP contribution is 2.52. The molecule has 0 saturated carbocycles. The van der Waals surface area contributed by atoms with Gasteiger partial charge in [-0.1, -0.05) is 54.1 Å². The zero-order valence-corrected chi connectivity index (χ0v) is 16.8. The first-order valence-corrected chi connectivity index (χ1v) is 10.3. The Bertz CT molecular complexity index is 1040. The molecule has 0 radical (unpaired) electrons. The van der Waals surface area contributed by atoms with Crippen molar-refractivity contribution in [1.82, 2.24) is 10.2 Å². The topological polar surface area (TPSA) is 58.6 Å². The molecule has 4 atom stereocenters. The van der Waals surface area contributed by atoms with Crippen LogP contribution in [-0.2, 0) is 27.4 Å². The molecule has 3 heterocycles. The number of carbonyl (C=O) groups is 2. The molecule has 154 valence electrons. The fourth-order valence-electron chi connectivity index (χ4n) is 4.75. The van der Waals surface area contributed by atoms with Crippen molar-refractivity contribution in [3.05, 3.63) is 82.6 Å². The van der Waals surface area contributed by atoms with Crippen molar-refractivity contribution in [1.29, 1.82) is 0 Å². The van der Waals surface area contributed by atoms with Crippen LogP contribution in [0, 0.1) is 17.7 Å². The quantitative estimate of drug-likeness (QED) is 0.747. The molecule has 1 spiro atoms. The van der Waals surface area contributed by atoms with E-state index in [0.29, 0.717) is 18.1 Å². The number of likely N-dealkylation sites (tertiary alicyclic amines) is 1. The SMILES string of the molecule is O=C(NCc1ccc(F)cc1)C1[C@@H]2C=CC3(CN(Cc4ccccc4Cl)C(=O)[C@H]13)O2. The van der Waals surface area contributed by atoms with Crippen molar-refractivity contribution in [3.8, 4) is 0 Å². The van der Waals surface area contributed by atoms with E-state index < -0.39 is 23.5 Å². The number of nitrogens with zero attached hydrogens (tertiary/aromatic N) is 1. The molecule has 7 heteroatoms.